The number of amides is 1. The van der Waals surface area contributed by atoms with Gasteiger partial charge in [-0.15, -0.1) is 0 Å². The SMILES string of the molecule is CCC(C)(C)C(=O)Nc1ccc2c(c1)NCCC2. The summed E-state index contributed by atoms with van der Waals surface area (Å²) in [5.41, 5.74) is 3.07. The summed E-state index contributed by atoms with van der Waals surface area (Å²) in [5.74, 6) is 0.0840. The van der Waals surface area contributed by atoms with Crippen molar-refractivity contribution < 1.29 is 4.79 Å². The van der Waals surface area contributed by atoms with Crippen LogP contribution in [0, 0.1) is 5.41 Å². The van der Waals surface area contributed by atoms with Gasteiger partial charge in [-0.25, -0.2) is 0 Å². The van der Waals surface area contributed by atoms with Crippen molar-refractivity contribution in [1.29, 1.82) is 0 Å². The largest absolute Gasteiger partial charge is 0.385 e. The molecule has 0 fully saturated rings. The van der Waals surface area contributed by atoms with Crippen molar-refractivity contribution in [2.24, 2.45) is 5.41 Å². The van der Waals surface area contributed by atoms with E-state index in [9.17, 15) is 4.79 Å². The molecule has 0 aromatic heterocycles. The first-order valence-corrected chi connectivity index (χ1v) is 6.71. The Morgan fingerprint density at radius 3 is 2.94 bits per heavy atom. The summed E-state index contributed by atoms with van der Waals surface area (Å²) in [4.78, 5) is 12.1. The molecule has 1 heterocycles. The summed E-state index contributed by atoms with van der Waals surface area (Å²) in [5, 5.41) is 6.38. The van der Waals surface area contributed by atoms with Crippen LogP contribution in [-0.4, -0.2) is 12.5 Å². The minimum absolute atomic E-state index is 0.0840. The van der Waals surface area contributed by atoms with Crippen LogP contribution in [0.25, 0.3) is 0 Å². The molecule has 0 radical (unpaired) electrons. The van der Waals surface area contributed by atoms with Gasteiger partial charge >= 0.3 is 0 Å². The van der Waals surface area contributed by atoms with Crippen LogP contribution in [0.2, 0.25) is 0 Å². The average Bonchev–Trinajstić information content (AvgIpc) is 2.38. The lowest BCUT2D eigenvalue weighted by Crippen LogP contribution is -2.30. The van der Waals surface area contributed by atoms with E-state index in [0.29, 0.717) is 0 Å². The summed E-state index contributed by atoms with van der Waals surface area (Å²) in [6.45, 7) is 7.00. The topological polar surface area (TPSA) is 41.1 Å². The van der Waals surface area contributed by atoms with E-state index in [1.807, 2.05) is 32.9 Å². The number of aryl methyl sites for hydroxylation is 1. The van der Waals surface area contributed by atoms with Crippen LogP contribution in [0.15, 0.2) is 18.2 Å². The number of fused-ring (bicyclic) bond motifs is 1. The number of hydrogen-bond acceptors (Lipinski definition) is 2. The number of carbonyl (C=O) groups excluding carboxylic acids is 1. The van der Waals surface area contributed by atoms with Gasteiger partial charge in [-0.1, -0.05) is 26.8 Å². The van der Waals surface area contributed by atoms with Gasteiger partial charge in [-0.05, 0) is 37.0 Å². The van der Waals surface area contributed by atoms with Gasteiger partial charge in [0.25, 0.3) is 0 Å². The van der Waals surface area contributed by atoms with Gasteiger partial charge in [0.2, 0.25) is 5.91 Å². The minimum Gasteiger partial charge on any atom is -0.385 e. The van der Waals surface area contributed by atoms with Gasteiger partial charge < -0.3 is 10.6 Å². The standard InChI is InChI=1S/C15H22N2O/c1-4-15(2,3)14(18)17-12-8-7-11-6-5-9-16-13(11)10-12/h7-8,10,16H,4-6,9H2,1-3H3,(H,17,18). The van der Waals surface area contributed by atoms with Crippen LogP contribution < -0.4 is 10.6 Å². The Morgan fingerprint density at radius 2 is 2.22 bits per heavy atom. The van der Waals surface area contributed by atoms with E-state index in [-0.39, 0.29) is 11.3 Å². The highest BCUT2D eigenvalue weighted by Crippen LogP contribution is 2.27. The van der Waals surface area contributed by atoms with Crippen molar-refractivity contribution in [3.8, 4) is 0 Å². The summed E-state index contributed by atoms with van der Waals surface area (Å²) >= 11 is 0. The van der Waals surface area contributed by atoms with Crippen molar-refractivity contribution in [2.45, 2.75) is 40.0 Å². The quantitative estimate of drug-likeness (QED) is 0.858. The van der Waals surface area contributed by atoms with Gasteiger partial charge in [0.05, 0.1) is 0 Å². The molecule has 1 aliphatic heterocycles. The number of hydrogen-bond donors (Lipinski definition) is 2. The van der Waals surface area contributed by atoms with Crippen molar-refractivity contribution in [3.05, 3.63) is 23.8 Å². The molecular formula is C15H22N2O. The maximum Gasteiger partial charge on any atom is 0.230 e. The summed E-state index contributed by atoms with van der Waals surface area (Å²) in [6.07, 6.45) is 3.14. The number of anilines is 2. The van der Waals surface area contributed by atoms with Crippen molar-refractivity contribution in [1.82, 2.24) is 0 Å². The molecule has 0 spiro atoms. The smallest absolute Gasteiger partial charge is 0.230 e. The third-order valence-electron chi connectivity index (χ3n) is 3.80. The Hall–Kier alpha value is -1.51. The van der Waals surface area contributed by atoms with Gasteiger partial charge in [0, 0.05) is 23.3 Å². The third-order valence-corrected chi connectivity index (χ3v) is 3.80. The molecule has 2 rings (SSSR count). The number of rotatable bonds is 3. The van der Waals surface area contributed by atoms with Crippen LogP contribution in [-0.2, 0) is 11.2 Å². The molecule has 3 nitrogen and oxygen atoms in total. The molecule has 0 aliphatic carbocycles. The predicted molar refractivity (Wildman–Crippen MR) is 76.0 cm³/mol. The molecule has 1 amide bonds. The monoisotopic (exact) mass is 246 g/mol. The molecule has 0 atom stereocenters. The van der Waals surface area contributed by atoms with Gasteiger partial charge in [0.15, 0.2) is 0 Å². The Morgan fingerprint density at radius 1 is 1.44 bits per heavy atom. The molecule has 0 saturated carbocycles. The van der Waals surface area contributed by atoms with Crippen LogP contribution in [0.1, 0.15) is 39.2 Å². The van der Waals surface area contributed by atoms with E-state index in [1.165, 1.54) is 12.0 Å². The Balaban J connectivity index is 2.13. The highest BCUT2D eigenvalue weighted by atomic mass is 16.2. The molecule has 0 bridgehead atoms. The molecule has 1 aromatic carbocycles. The fourth-order valence-corrected chi connectivity index (χ4v) is 2.00. The third kappa shape index (κ3) is 2.66. The lowest BCUT2D eigenvalue weighted by molar-refractivity contribution is -0.124. The second-order valence-corrected chi connectivity index (χ2v) is 5.59. The lowest BCUT2D eigenvalue weighted by atomic mass is 9.89. The van der Waals surface area contributed by atoms with Gasteiger partial charge in [-0.3, -0.25) is 4.79 Å². The molecule has 1 aliphatic rings. The molecule has 2 N–H and O–H groups in total. The molecular weight excluding hydrogens is 224 g/mol. The molecule has 0 saturated heterocycles. The minimum atomic E-state index is -0.316. The second kappa shape index (κ2) is 5.01. The number of benzene rings is 1. The molecule has 1 aromatic rings. The first-order valence-electron chi connectivity index (χ1n) is 6.71. The van der Waals surface area contributed by atoms with Crippen LogP contribution >= 0.6 is 0 Å². The fourth-order valence-electron chi connectivity index (χ4n) is 2.00. The molecule has 98 valence electrons. The number of carbonyl (C=O) groups is 1. The molecule has 18 heavy (non-hydrogen) atoms. The van der Waals surface area contributed by atoms with Crippen LogP contribution in [0.4, 0.5) is 11.4 Å². The van der Waals surface area contributed by atoms with Crippen LogP contribution in [0.3, 0.4) is 0 Å². The summed E-state index contributed by atoms with van der Waals surface area (Å²) in [7, 11) is 0. The van der Waals surface area contributed by atoms with Crippen LogP contribution in [0.5, 0.6) is 0 Å². The van der Waals surface area contributed by atoms with E-state index in [2.05, 4.69) is 16.7 Å². The van der Waals surface area contributed by atoms with Crippen molar-refractivity contribution >= 4 is 17.3 Å². The fraction of sp³-hybridized carbons (Fsp3) is 0.533. The maximum absolute atomic E-state index is 12.1. The van der Waals surface area contributed by atoms with E-state index in [0.717, 1.165) is 30.8 Å². The first kappa shape index (κ1) is 12.9. The highest BCUT2D eigenvalue weighted by Gasteiger charge is 2.25. The molecule has 0 unspecified atom stereocenters. The Bertz CT molecular complexity index is 452. The second-order valence-electron chi connectivity index (χ2n) is 5.59. The normalized spacial score (nSPS) is 14.6. The Labute approximate surface area is 109 Å². The maximum atomic E-state index is 12.1. The van der Waals surface area contributed by atoms with Crippen molar-refractivity contribution in [2.75, 3.05) is 17.2 Å². The zero-order valence-electron chi connectivity index (χ0n) is 11.5. The van der Waals surface area contributed by atoms with E-state index >= 15 is 0 Å². The van der Waals surface area contributed by atoms with Gasteiger partial charge in [-0.2, -0.15) is 0 Å². The van der Waals surface area contributed by atoms with E-state index < -0.39 is 0 Å². The molecule has 3 heteroatoms. The summed E-state index contributed by atoms with van der Waals surface area (Å²) in [6, 6.07) is 6.14. The van der Waals surface area contributed by atoms with Gasteiger partial charge in [0.1, 0.15) is 0 Å². The zero-order valence-corrected chi connectivity index (χ0v) is 11.5. The Kier molecular flexibility index (Phi) is 3.60. The highest BCUT2D eigenvalue weighted by molar-refractivity contribution is 5.95. The van der Waals surface area contributed by atoms with E-state index in [1.54, 1.807) is 0 Å². The average molecular weight is 246 g/mol. The first-order chi connectivity index (χ1) is 8.53. The predicted octanol–water partition coefficient (Wildman–Crippen LogP) is 3.42. The van der Waals surface area contributed by atoms with Crippen molar-refractivity contribution in [3.63, 3.8) is 0 Å². The number of nitrogens with one attached hydrogen (secondary N) is 2. The lowest BCUT2D eigenvalue weighted by Gasteiger charge is -2.23. The van der Waals surface area contributed by atoms with E-state index in [4.69, 9.17) is 0 Å². The summed E-state index contributed by atoms with van der Waals surface area (Å²) < 4.78 is 0. The zero-order chi connectivity index (χ0) is 13.2.